The van der Waals surface area contributed by atoms with Crippen LogP contribution in [0.25, 0.3) is 33.2 Å². The Balaban J connectivity index is 1.31. The fourth-order valence-corrected chi connectivity index (χ4v) is 5.01. The number of amides is 1. The summed E-state index contributed by atoms with van der Waals surface area (Å²) in [6.45, 7) is 7.81. The van der Waals surface area contributed by atoms with E-state index in [4.69, 9.17) is 9.47 Å². The van der Waals surface area contributed by atoms with Gasteiger partial charge in [0.05, 0.1) is 17.8 Å². The molecule has 0 fully saturated rings. The smallest absolute Gasteiger partial charge is 0.408 e. The van der Waals surface area contributed by atoms with Crippen molar-refractivity contribution in [3.05, 3.63) is 89.0 Å². The molecular formula is C31H32N4O3S. The van der Waals surface area contributed by atoms with Gasteiger partial charge in [0.1, 0.15) is 18.0 Å². The third-order valence-corrected chi connectivity index (χ3v) is 6.94. The highest BCUT2D eigenvalue weighted by Crippen LogP contribution is 2.27. The molecule has 1 amide bonds. The first kappa shape index (κ1) is 26.4. The number of alkyl carbamates (subject to hydrolysis) is 1. The zero-order valence-electron chi connectivity index (χ0n) is 22.5. The molecule has 5 aromatic rings. The highest BCUT2D eigenvalue weighted by atomic mass is 32.1. The van der Waals surface area contributed by atoms with Crippen molar-refractivity contribution in [1.29, 1.82) is 0 Å². The number of carbonyl (C=O) groups excluding carboxylic acids is 1. The number of nitrogens with zero attached hydrogens (tertiary/aromatic N) is 2. The molecule has 5 rings (SSSR count). The minimum Gasteiger partial charge on any atom is -0.490 e. The van der Waals surface area contributed by atoms with Gasteiger partial charge in [-0.3, -0.25) is 10.1 Å². The van der Waals surface area contributed by atoms with Crippen molar-refractivity contribution in [2.75, 3.05) is 6.61 Å². The molecule has 2 N–H and O–H groups in total. The molecule has 3 heterocycles. The normalized spacial score (nSPS) is 12.3. The summed E-state index contributed by atoms with van der Waals surface area (Å²) < 4.78 is 11.7. The number of aromatic amines is 1. The summed E-state index contributed by atoms with van der Waals surface area (Å²) in [6, 6.07) is 18.3. The Morgan fingerprint density at radius 2 is 1.79 bits per heavy atom. The van der Waals surface area contributed by atoms with Gasteiger partial charge in [0.25, 0.3) is 0 Å². The second-order valence-corrected chi connectivity index (χ2v) is 11.3. The van der Waals surface area contributed by atoms with Crippen LogP contribution >= 0.6 is 11.3 Å². The van der Waals surface area contributed by atoms with Gasteiger partial charge in [-0.05, 0) is 91.4 Å². The number of aryl methyl sites for hydroxylation is 1. The summed E-state index contributed by atoms with van der Waals surface area (Å²) in [7, 11) is 0. The minimum absolute atomic E-state index is 0.260. The van der Waals surface area contributed by atoms with Crippen LogP contribution in [-0.2, 0) is 11.2 Å². The van der Waals surface area contributed by atoms with Crippen LogP contribution in [-0.4, -0.2) is 39.5 Å². The van der Waals surface area contributed by atoms with Crippen molar-refractivity contribution < 1.29 is 14.3 Å². The van der Waals surface area contributed by atoms with Gasteiger partial charge >= 0.3 is 6.09 Å². The zero-order chi connectivity index (χ0) is 27.4. The van der Waals surface area contributed by atoms with E-state index in [0.717, 1.165) is 33.3 Å². The Kier molecular flexibility index (Phi) is 7.65. The van der Waals surface area contributed by atoms with E-state index in [-0.39, 0.29) is 12.6 Å². The molecule has 0 saturated heterocycles. The molecule has 3 aromatic heterocycles. The van der Waals surface area contributed by atoms with Gasteiger partial charge in [0.15, 0.2) is 0 Å². The summed E-state index contributed by atoms with van der Waals surface area (Å²) in [5.74, 6) is 0.625. The molecule has 2 aromatic carbocycles. The quantitative estimate of drug-likeness (QED) is 0.218. The van der Waals surface area contributed by atoms with Gasteiger partial charge in [-0.2, -0.15) is 16.4 Å². The number of hydrogen-bond acceptors (Lipinski definition) is 6. The lowest BCUT2D eigenvalue weighted by Crippen LogP contribution is -2.43. The highest BCUT2D eigenvalue weighted by Gasteiger charge is 2.21. The van der Waals surface area contributed by atoms with Crippen LogP contribution in [0.15, 0.2) is 77.8 Å². The van der Waals surface area contributed by atoms with E-state index in [0.29, 0.717) is 12.2 Å². The molecule has 0 aliphatic carbocycles. The van der Waals surface area contributed by atoms with E-state index in [1.54, 1.807) is 17.5 Å². The van der Waals surface area contributed by atoms with Crippen LogP contribution in [0, 0.1) is 6.92 Å². The van der Waals surface area contributed by atoms with Crippen molar-refractivity contribution in [1.82, 2.24) is 20.5 Å². The predicted molar refractivity (Wildman–Crippen MR) is 156 cm³/mol. The molecule has 0 aliphatic heterocycles. The summed E-state index contributed by atoms with van der Waals surface area (Å²) in [4.78, 5) is 17.0. The molecule has 0 saturated carbocycles. The molecule has 0 spiro atoms. The zero-order valence-corrected chi connectivity index (χ0v) is 23.3. The van der Waals surface area contributed by atoms with Crippen molar-refractivity contribution >= 4 is 28.3 Å². The van der Waals surface area contributed by atoms with Gasteiger partial charge in [-0.1, -0.05) is 30.3 Å². The second-order valence-electron chi connectivity index (χ2n) is 10.6. The first-order valence-electron chi connectivity index (χ1n) is 12.9. The molecule has 0 unspecified atom stereocenters. The van der Waals surface area contributed by atoms with Crippen molar-refractivity contribution in [2.24, 2.45) is 0 Å². The third-order valence-electron chi connectivity index (χ3n) is 6.25. The van der Waals surface area contributed by atoms with Crippen LogP contribution < -0.4 is 10.1 Å². The average molecular weight is 541 g/mol. The van der Waals surface area contributed by atoms with Crippen LogP contribution in [0.5, 0.6) is 5.75 Å². The van der Waals surface area contributed by atoms with Gasteiger partial charge in [0.2, 0.25) is 0 Å². The molecule has 39 heavy (non-hydrogen) atoms. The molecule has 7 nitrogen and oxygen atoms in total. The molecule has 200 valence electrons. The number of benzene rings is 2. The first-order chi connectivity index (χ1) is 18.7. The summed E-state index contributed by atoms with van der Waals surface area (Å²) in [5, 5.41) is 15.6. The lowest BCUT2D eigenvalue weighted by Gasteiger charge is -2.24. The van der Waals surface area contributed by atoms with Crippen LogP contribution in [0.3, 0.4) is 0 Å². The number of rotatable bonds is 8. The van der Waals surface area contributed by atoms with E-state index in [2.05, 4.69) is 67.7 Å². The number of pyridine rings is 1. The van der Waals surface area contributed by atoms with Crippen LogP contribution in [0.2, 0.25) is 0 Å². The van der Waals surface area contributed by atoms with E-state index >= 15 is 0 Å². The van der Waals surface area contributed by atoms with Crippen molar-refractivity contribution in [3.63, 3.8) is 0 Å². The number of carbonyl (C=O) groups is 1. The van der Waals surface area contributed by atoms with Crippen molar-refractivity contribution in [2.45, 2.75) is 45.8 Å². The fourth-order valence-electron chi connectivity index (χ4n) is 4.34. The molecule has 0 radical (unpaired) electrons. The summed E-state index contributed by atoms with van der Waals surface area (Å²) in [5.41, 5.74) is 6.78. The number of hydrogen-bond donors (Lipinski definition) is 2. The average Bonchev–Trinajstić information content (AvgIpc) is 3.57. The summed E-state index contributed by atoms with van der Waals surface area (Å²) in [6.07, 6.45) is 3.62. The Morgan fingerprint density at radius 3 is 2.54 bits per heavy atom. The van der Waals surface area contributed by atoms with Crippen LogP contribution in [0.1, 0.15) is 32.0 Å². The third kappa shape index (κ3) is 6.83. The SMILES string of the molecule is Cc1[nH]nc2ccc(-c3cncc(OC[C@H](Cc4ccc(-c5ccsc5)cc4)NC(=O)OC(C)(C)C)c3)cc12. The molecule has 0 bridgehead atoms. The summed E-state index contributed by atoms with van der Waals surface area (Å²) >= 11 is 1.68. The Morgan fingerprint density at radius 1 is 1.00 bits per heavy atom. The number of fused-ring (bicyclic) bond motifs is 1. The maximum absolute atomic E-state index is 12.6. The maximum Gasteiger partial charge on any atom is 0.408 e. The maximum atomic E-state index is 12.6. The van der Waals surface area contributed by atoms with E-state index in [1.165, 1.54) is 11.1 Å². The van der Waals surface area contributed by atoms with E-state index in [9.17, 15) is 4.79 Å². The number of thiophene rings is 1. The molecule has 0 aliphatic rings. The largest absolute Gasteiger partial charge is 0.490 e. The van der Waals surface area contributed by atoms with Gasteiger partial charge in [-0.25, -0.2) is 4.79 Å². The van der Waals surface area contributed by atoms with Crippen molar-refractivity contribution in [3.8, 4) is 28.0 Å². The number of H-pyrrole nitrogens is 1. The molecular weight excluding hydrogens is 508 g/mol. The number of nitrogens with one attached hydrogen (secondary N) is 2. The minimum atomic E-state index is -0.593. The Hall–Kier alpha value is -4.17. The standard InChI is InChI=1S/C31H32N4O3S/c1-20-28-15-23(9-10-29(28)35-34-20)25-14-27(17-32-16-25)37-18-26(33-30(36)38-31(2,3)4)13-21-5-7-22(8-6-21)24-11-12-39-19-24/h5-12,14-17,19,26H,13,18H2,1-4H3,(H,33,36)(H,34,35)/t26-/m0/s1. The number of ether oxygens (including phenoxy) is 2. The van der Waals surface area contributed by atoms with Gasteiger partial charge in [0, 0.05) is 22.8 Å². The fraction of sp³-hybridized carbons (Fsp3) is 0.258. The monoisotopic (exact) mass is 540 g/mol. The lowest BCUT2D eigenvalue weighted by molar-refractivity contribution is 0.0487. The van der Waals surface area contributed by atoms with Gasteiger partial charge < -0.3 is 14.8 Å². The second kappa shape index (κ2) is 11.3. The first-order valence-corrected chi connectivity index (χ1v) is 13.8. The van der Waals surface area contributed by atoms with Crippen LogP contribution in [0.4, 0.5) is 4.79 Å². The number of aromatic nitrogens is 3. The Bertz CT molecular complexity index is 1550. The lowest BCUT2D eigenvalue weighted by atomic mass is 10.0. The van der Waals surface area contributed by atoms with E-state index in [1.807, 2.05) is 52.1 Å². The predicted octanol–water partition coefficient (Wildman–Crippen LogP) is 7.18. The molecule has 8 heteroatoms. The topological polar surface area (TPSA) is 89.1 Å². The van der Waals surface area contributed by atoms with E-state index < -0.39 is 11.7 Å². The highest BCUT2D eigenvalue weighted by molar-refractivity contribution is 7.08. The Labute approximate surface area is 232 Å². The molecule has 1 atom stereocenters. The van der Waals surface area contributed by atoms with Gasteiger partial charge in [-0.15, -0.1) is 0 Å².